The van der Waals surface area contributed by atoms with Gasteiger partial charge in [-0.1, -0.05) is 15.9 Å². The van der Waals surface area contributed by atoms with E-state index < -0.39 is 18.1 Å². The van der Waals surface area contributed by atoms with E-state index in [2.05, 4.69) is 21.2 Å². The Morgan fingerprint density at radius 3 is 2.83 bits per heavy atom. The highest BCUT2D eigenvalue weighted by molar-refractivity contribution is 9.10. The zero-order valence-electron chi connectivity index (χ0n) is 9.98. The van der Waals surface area contributed by atoms with Gasteiger partial charge >= 0.3 is 5.97 Å². The van der Waals surface area contributed by atoms with Crippen LogP contribution in [0.2, 0.25) is 0 Å². The smallest absolute Gasteiger partial charge is 0.326 e. The molecule has 0 saturated heterocycles. The van der Waals surface area contributed by atoms with E-state index in [1.807, 2.05) is 6.07 Å². The third-order valence-electron chi connectivity index (χ3n) is 2.94. The van der Waals surface area contributed by atoms with Crippen molar-refractivity contribution in [3.05, 3.63) is 22.7 Å². The molecule has 0 aliphatic carbocycles. The van der Waals surface area contributed by atoms with Crippen LogP contribution in [0.4, 0.5) is 11.4 Å². The first-order valence-corrected chi connectivity index (χ1v) is 6.33. The zero-order valence-corrected chi connectivity index (χ0v) is 11.6. The Morgan fingerprint density at radius 2 is 2.22 bits per heavy atom. The second kappa shape index (κ2) is 4.61. The first kappa shape index (κ1) is 12.9. The molecule has 2 rings (SSSR count). The molecule has 0 radical (unpaired) electrons. The highest BCUT2D eigenvalue weighted by Gasteiger charge is 2.35. The Hall–Kier alpha value is -1.56. The molecule has 6 heteroatoms. The maximum Gasteiger partial charge on any atom is 0.326 e. The van der Waals surface area contributed by atoms with Gasteiger partial charge in [0.15, 0.2) is 0 Å². The Morgan fingerprint density at radius 1 is 1.56 bits per heavy atom. The summed E-state index contributed by atoms with van der Waals surface area (Å²) in [5.74, 6) is -1.26. The van der Waals surface area contributed by atoms with Gasteiger partial charge in [-0.3, -0.25) is 9.69 Å². The zero-order chi connectivity index (χ0) is 13.4. The molecule has 1 heterocycles. The number of halogens is 1. The number of carbonyl (C=O) groups is 2. The minimum atomic E-state index is -1.02. The summed E-state index contributed by atoms with van der Waals surface area (Å²) < 4.78 is 0.873. The molecule has 2 unspecified atom stereocenters. The van der Waals surface area contributed by atoms with E-state index in [1.54, 1.807) is 19.1 Å². The van der Waals surface area contributed by atoms with E-state index >= 15 is 0 Å². The van der Waals surface area contributed by atoms with Crippen molar-refractivity contribution in [2.24, 2.45) is 0 Å². The minimum Gasteiger partial charge on any atom is -0.480 e. The standard InChI is InChI=1S/C12H13BrN2O3/c1-6-11(16)15(7(2)12(17)18)10-4-3-8(13)5-9(10)14-6/h3-7,14H,1-2H3,(H,17,18). The lowest BCUT2D eigenvalue weighted by atomic mass is 10.1. The Kier molecular flexibility index (Phi) is 3.30. The van der Waals surface area contributed by atoms with E-state index in [4.69, 9.17) is 5.11 Å². The lowest BCUT2D eigenvalue weighted by Gasteiger charge is -2.36. The average Bonchev–Trinajstić information content (AvgIpc) is 2.30. The average molecular weight is 313 g/mol. The topological polar surface area (TPSA) is 69.6 Å². The number of carbonyl (C=O) groups excluding carboxylic acids is 1. The van der Waals surface area contributed by atoms with Crippen LogP contribution in [0.1, 0.15) is 13.8 Å². The van der Waals surface area contributed by atoms with Gasteiger partial charge in [0.25, 0.3) is 0 Å². The normalized spacial score (nSPS) is 20.1. The van der Waals surface area contributed by atoms with Gasteiger partial charge in [0.2, 0.25) is 5.91 Å². The quantitative estimate of drug-likeness (QED) is 0.877. The Balaban J connectivity index is 2.52. The van der Waals surface area contributed by atoms with Gasteiger partial charge < -0.3 is 10.4 Å². The number of fused-ring (bicyclic) bond motifs is 1. The molecule has 2 atom stereocenters. The molecule has 5 nitrogen and oxygen atoms in total. The summed E-state index contributed by atoms with van der Waals surface area (Å²) in [7, 11) is 0. The van der Waals surface area contributed by atoms with Gasteiger partial charge in [0, 0.05) is 4.47 Å². The Labute approximate surface area is 113 Å². The minimum absolute atomic E-state index is 0.236. The molecule has 0 aromatic heterocycles. The molecule has 1 aliphatic rings. The monoisotopic (exact) mass is 312 g/mol. The van der Waals surface area contributed by atoms with Gasteiger partial charge in [-0.15, -0.1) is 0 Å². The molecule has 0 spiro atoms. The number of anilines is 2. The van der Waals surface area contributed by atoms with Crippen LogP contribution in [0, 0.1) is 0 Å². The largest absolute Gasteiger partial charge is 0.480 e. The van der Waals surface area contributed by atoms with Crippen LogP contribution in [-0.4, -0.2) is 29.1 Å². The van der Waals surface area contributed by atoms with Crippen molar-refractivity contribution in [1.29, 1.82) is 0 Å². The van der Waals surface area contributed by atoms with Crippen LogP contribution in [0.25, 0.3) is 0 Å². The van der Waals surface area contributed by atoms with Gasteiger partial charge in [-0.25, -0.2) is 4.79 Å². The van der Waals surface area contributed by atoms with Crippen molar-refractivity contribution >= 4 is 39.2 Å². The number of carboxylic acids is 1. The number of nitrogens with zero attached hydrogens (tertiary/aromatic N) is 1. The summed E-state index contributed by atoms with van der Waals surface area (Å²) >= 11 is 3.35. The third kappa shape index (κ3) is 2.08. The van der Waals surface area contributed by atoms with Crippen LogP contribution in [0.15, 0.2) is 22.7 Å². The van der Waals surface area contributed by atoms with Crippen molar-refractivity contribution in [2.75, 3.05) is 10.2 Å². The fourth-order valence-corrected chi connectivity index (χ4v) is 2.33. The molecular weight excluding hydrogens is 300 g/mol. The van der Waals surface area contributed by atoms with Gasteiger partial charge in [-0.05, 0) is 32.0 Å². The van der Waals surface area contributed by atoms with Crippen molar-refractivity contribution < 1.29 is 14.7 Å². The number of hydrogen-bond donors (Lipinski definition) is 2. The maximum absolute atomic E-state index is 12.1. The van der Waals surface area contributed by atoms with Crippen LogP contribution in [0.3, 0.4) is 0 Å². The molecular formula is C12H13BrN2O3. The number of benzene rings is 1. The lowest BCUT2D eigenvalue weighted by molar-refractivity contribution is -0.139. The molecule has 96 valence electrons. The molecule has 0 saturated carbocycles. The summed E-state index contributed by atoms with van der Waals surface area (Å²) in [6, 6.07) is 4.02. The van der Waals surface area contributed by atoms with Crippen molar-refractivity contribution in [3.8, 4) is 0 Å². The molecule has 1 aromatic carbocycles. The number of aliphatic carboxylic acids is 1. The summed E-state index contributed by atoms with van der Waals surface area (Å²) in [5.41, 5.74) is 1.35. The highest BCUT2D eigenvalue weighted by atomic mass is 79.9. The van der Waals surface area contributed by atoms with Crippen molar-refractivity contribution in [2.45, 2.75) is 25.9 Å². The predicted molar refractivity (Wildman–Crippen MR) is 71.8 cm³/mol. The second-order valence-corrected chi connectivity index (χ2v) is 5.17. The number of nitrogens with one attached hydrogen (secondary N) is 1. The predicted octanol–water partition coefficient (Wildman–Crippen LogP) is 2.07. The molecule has 2 N–H and O–H groups in total. The van der Waals surface area contributed by atoms with Crippen LogP contribution in [-0.2, 0) is 9.59 Å². The number of rotatable bonds is 2. The highest BCUT2D eigenvalue weighted by Crippen LogP contribution is 2.35. The van der Waals surface area contributed by atoms with Crippen molar-refractivity contribution in [1.82, 2.24) is 0 Å². The van der Waals surface area contributed by atoms with E-state index in [9.17, 15) is 9.59 Å². The second-order valence-electron chi connectivity index (χ2n) is 4.25. The molecule has 1 aliphatic heterocycles. The maximum atomic E-state index is 12.1. The van der Waals surface area contributed by atoms with E-state index in [0.29, 0.717) is 5.69 Å². The number of amides is 1. The Bertz CT molecular complexity index is 518. The first-order valence-electron chi connectivity index (χ1n) is 5.54. The number of hydrogen-bond acceptors (Lipinski definition) is 3. The fraction of sp³-hybridized carbons (Fsp3) is 0.333. The molecule has 1 aromatic rings. The van der Waals surface area contributed by atoms with Crippen LogP contribution >= 0.6 is 15.9 Å². The van der Waals surface area contributed by atoms with Crippen LogP contribution in [0.5, 0.6) is 0 Å². The lowest BCUT2D eigenvalue weighted by Crippen LogP contribution is -2.52. The van der Waals surface area contributed by atoms with Gasteiger partial charge in [0.05, 0.1) is 11.4 Å². The SMILES string of the molecule is CC1Nc2cc(Br)ccc2N(C(C)C(=O)O)C1=O. The van der Waals surface area contributed by atoms with Crippen LogP contribution < -0.4 is 10.2 Å². The summed E-state index contributed by atoms with van der Waals surface area (Å²) in [6.45, 7) is 3.22. The van der Waals surface area contributed by atoms with E-state index in [1.165, 1.54) is 11.8 Å². The fourth-order valence-electron chi connectivity index (χ4n) is 1.97. The van der Waals surface area contributed by atoms with E-state index in [0.717, 1.165) is 10.2 Å². The third-order valence-corrected chi connectivity index (χ3v) is 3.44. The molecule has 1 amide bonds. The molecule has 0 bridgehead atoms. The summed E-state index contributed by atoms with van der Waals surface area (Å²) in [4.78, 5) is 24.5. The first-order chi connectivity index (χ1) is 8.41. The molecule has 0 fully saturated rings. The van der Waals surface area contributed by atoms with Gasteiger partial charge in [0.1, 0.15) is 12.1 Å². The summed E-state index contributed by atoms with van der Waals surface area (Å²) in [6.07, 6.45) is 0. The molecule has 18 heavy (non-hydrogen) atoms. The van der Waals surface area contributed by atoms with Gasteiger partial charge in [-0.2, -0.15) is 0 Å². The summed E-state index contributed by atoms with van der Waals surface area (Å²) in [5, 5.41) is 12.2. The van der Waals surface area contributed by atoms with Crippen molar-refractivity contribution in [3.63, 3.8) is 0 Å². The van der Waals surface area contributed by atoms with E-state index in [-0.39, 0.29) is 5.91 Å². The number of carboxylic acid groups (broad SMARTS) is 1.